The molecular weight excluding hydrogens is 390 g/mol. The Bertz CT molecular complexity index is 703. The first-order valence-electron chi connectivity index (χ1n) is 8.19. The molecule has 0 N–H and O–H groups in total. The van der Waals surface area contributed by atoms with Crippen LogP contribution in [0.25, 0.3) is 0 Å². The molecule has 6 nitrogen and oxygen atoms in total. The predicted molar refractivity (Wildman–Crippen MR) is 96.6 cm³/mol. The third kappa shape index (κ3) is 3.68. The minimum atomic E-state index is -0.674. The molecule has 0 amide bonds. The van der Waals surface area contributed by atoms with E-state index in [0.29, 0.717) is 13.2 Å². The van der Waals surface area contributed by atoms with Gasteiger partial charge in [-0.2, -0.15) is 0 Å². The summed E-state index contributed by atoms with van der Waals surface area (Å²) in [6.07, 6.45) is 1.04. The number of carbonyl (C=O) groups excluding carboxylic acids is 1. The molecule has 2 saturated heterocycles. The highest BCUT2D eigenvalue weighted by molar-refractivity contribution is 9.10. The second-order valence-corrected chi connectivity index (χ2v) is 7.20. The largest absolute Gasteiger partial charge is 0.497 e. The molecule has 0 aromatic heterocycles. The van der Waals surface area contributed by atoms with Crippen LogP contribution in [-0.4, -0.2) is 44.2 Å². The topological polar surface area (TPSA) is 57.2 Å². The van der Waals surface area contributed by atoms with E-state index in [1.807, 2.05) is 36.9 Å². The third-order valence-electron chi connectivity index (χ3n) is 4.15. The average Bonchev–Trinajstić information content (AvgIpc) is 3.00. The first-order valence-corrected chi connectivity index (χ1v) is 8.99. The summed E-state index contributed by atoms with van der Waals surface area (Å²) in [6.45, 7) is 6.45. The Labute approximate surface area is 155 Å². The SMILES string of the molecule is CCOC(=O)/C=C1\[C@@H]2OC(C)(C)O[C@@H]2CN1c1ccc(OC)cc1Br. The molecular formula is C18H22BrNO5. The van der Waals surface area contributed by atoms with Crippen molar-refractivity contribution in [3.8, 4) is 5.75 Å². The number of hydrogen-bond donors (Lipinski definition) is 0. The van der Waals surface area contributed by atoms with E-state index in [0.717, 1.165) is 21.6 Å². The van der Waals surface area contributed by atoms with Gasteiger partial charge >= 0.3 is 5.97 Å². The highest BCUT2D eigenvalue weighted by Crippen LogP contribution is 2.43. The standard InChI is InChI=1S/C18H22BrNO5/c1-5-23-16(21)9-14-17-15(24-18(2,3)25-17)10-20(14)13-7-6-11(22-4)8-12(13)19/h6-9,15,17H,5,10H2,1-4H3/b14-9+/t15-,17+/m1/s1. The first kappa shape index (κ1) is 18.2. The molecule has 2 aliphatic rings. The number of hydrogen-bond acceptors (Lipinski definition) is 6. The number of ether oxygens (including phenoxy) is 4. The smallest absolute Gasteiger partial charge is 0.332 e. The van der Waals surface area contributed by atoms with Gasteiger partial charge in [0.1, 0.15) is 18.0 Å². The van der Waals surface area contributed by atoms with Crippen molar-refractivity contribution >= 4 is 27.6 Å². The van der Waals surface area contributed by atoms with Crippen LogP contribution in [0.4, 0.5) is 5.69 Å². The van der Waals surface area contributed by atoms with E-state index in [4.69, 9.17) is 18.9 Å². The molecule has 0 spiro atoms. The van der Waals surface area contributed by atoms with Gasteiger partial charge in [-0.25, -0.2) is 4.79 Å². The third-order valence-corrected chi connectivity index (χ3v) is 4.78. The first-order chi connectivity index (χ1) is 11.8. The molecule has 2 heterocycles. The Hall–Kier alpha value is -1.57. The van der Waals surface area contributed by atoms with Gasteiger partial charge in [0.2, 0.25) is 0 Å². The molecule has 2 aliphatic heterocycles. The summed E-state index contributed by atoms with van der Waals surface area (Å²) >= 11 is 3.58. The van der Waals surface area contributed by atoms with Crippen LogP contribution in [0.3, 0.4) is 0 Å². The molecule has 2 fully saturated rings. The number of halogens is 1. The number of methoxy groups -OCH3 is 1. The zero-order valence-electron chi connectivity index (χ0n) is 14.7. The Balaban J connectivity index is 1.96. The summed E-state index contributed by atoms with van der Waals surface area (Å²) in [5.74, 6) is -0.313. The molecule has 2 atom stereocenters. The summed E-state index contributed by atoms with van der Waals surface area (Å²) in [4.78, 5) is 14.1. The fraction of sp³-hybridized carbons (Fsp3) is 0.500. The van der Waals surface area contributed by atoms with E-state index >= 15 is 0 Å². The lowest BCUT2D eigenvalue weighted by molar-refractivity contribution is -0.146. The molecule has 1 aromatic carbocycles. The highest BCUT2D eigenvalue weighted by Gasteiger charge is 2.50. The number of rotatable bonds is 4. The van der Waals surface area contributed by atoms with Crippen molar-refractivity contribution in [1.29, 1.82) is 0 Å². The summed E-state index contributed by atoms with van der Waals surface area (Å²) in [6, 6.07) is 5.70. The molecule has 0 radical (unpaired) electrons. The Morgan fingerprint density at radius 3 is 2.84 bits per heavy atom. The fourth-order valence-electron chi connectivity index (χ4n) is 3.19. The van der Waals surface area contributed by atoms with Crippen molar-refractivity contribution in [2.45, 2.75) is 38.8 Å². The van der Waals surface area contributed by atoms with Crippen molar-refractivity contribution < 1.29 is 23.7 Å². The van der Waals surface area contributed by atoms with Crippen LogP contribution >= 0.6 is 15.9 Å². The maximum absolute atomic E-state index is 12.1. The lowest BCUT2D eigenvalue weighted by atomic mass is 10.2. The molecule has 0 bridgehead atoms. The van der Waals surface area contributed by atoms with Crippen molar-refractivity contribution in [3.05, 3.63) is 34.4 Å². The monoisotopic (exact) mass is 411 g/mol. The average molecular weight is 412 g/mol. The fourth-order valence-corrected chi connectivity index (χ4v) is 3.77. The number of benzene rings is 1. The van der Waals surface area contributed by atoms with Gasteiger partial charge in [-0.05, 0) is 54.9 Å². The molecule has 136 valence electrons. The lowest BCUT2D eigenvalue weighted by Gasteiger charge is -2.27. The van der Waals surface area contributed by atoms with E-state index in [1.54, 1.807) is 14.0 Å². The summed E-state index contributed by atoms with van der Waals surface area (Å²) in [7, 11) is 1.62. The van der Waals surface area contributed by atoms with E-state index in [9.17, 15) is 4.79 Å². The zero-order valence-corrected chi connectivity index (χ0v) is 16.3. The van der Waals surface area contributed by atoms with E-state index in [-0.39, 0.29) is 18.2 Å². The van der Waals surface area contributed by atoms with Crippen LogP contribution in [0.15, 0.2) is 34.4 Å². The quantitative estimate of drug-likeness (QED) is 0.559. The van der Waals surface area contributed by atoms with Gasteiger partial charge in [-0.1, -0.05) is 0 Å². The summed E-state index contributed by atoms with van der Waals surface area (Å²) in [5.41, 5.74) is 1.65. The molecule has 3 rings (SSSR count). The maximum atomic E-state index is 12.1. The lowest BCUT2D eigenvalue weighted by Crippen LogP contribution is -2.29. The number of carbonyl (C=O) groups is 1. The molecule has 0 saturated carbocycles. The van der Waals surface area contributed by atoms with Crippen LogP contribution in [0.1, 0.15) is 20.8 Å². The van der Waals surface area contributed by atoms with Gasteiger partial charge in [0, 0.05) is 10.5 Å². The molecule has 7 heteroatoms. The van der Waals surface area contributed by atoms with E-state index in [1.165, 1.54) is 6.08 Å². The molecule has 0 unspecified atom stereocenters. The second kappa shape index (κ2) is 6.97. The zero-order chi connectivity index (χ0) is 18.2. The van der Waals surface area contributed by atoms with Gasteiger partial charge in [0.15, 0.2) is 5.79 Å². The van der Waals surface area contributed by atoms with Crippen molar-refractivity contribution in [2.24, 2.45) is 0 Å². The van der Waals surface area contributed by atoms with Crippen LogP contribution in [0, 0.1) is 0 Å². The number of fused-ring (bicyclic) bond motifs is 1. The van der Waals surface area contributed by atoms with E-state index in [2.05, 4.69) is 15.9 Å². The molecule has 1 aromatic rings. The Morgan fingerprint density at radius 2 is 2.20 bits per heavy atom. The van der Waals surface area contributed by atoms with Gasteiger partial charge in [-0.15, -0.1) is 0 Å². The van der Waals surface area contributed by atoms with Crippen molar-refractivity contribution in [1.82, 2.24) is 0 Å². The van der Waals surface area contributed by atoms with Crippen molar-refractivity contribution in [2.75, 3.05) is 25.2 Å². The van der Waals surface area contributed by atoms with Gasteiger partial charge in [0.05, 0.1) is 31.6 Å². The minimum absolute atomic E-state index is 0.148. The second-order valence-electron chi connectivity index (χ2n) is 6.34. The molecule has 0 aliphatic carbocycles. The van der Waals surface area contributed by atoms with Gasteiger partial charge < -0.3 is 23.8 Å². The van der Waals surface area contributed by atoms with Gasteiger partial charge in [0.25, 0.3) is 0 Å². The number of nitrogens with zero attached hydrogens (tertiary/aromatic N) is 1. The summed E-state index contributed by atoms with van der Waals surface area (Å²) in [5, 5.41) is 0. The number of esters is 1. The van der Waals surface area contributed by atoms with E-state index < -0.39 is 5.79 Å². The summed E-state index contributed by atoms with van der Waals surface area (Å²) < 4.78 is 23.2. The minimum Gasteiger partial charge on any atom is -0.497 e. The van der Waals surface area contributed by atoms with Crippen LogP contribution in [0.2, 0.25) is 0 Å². The van der Waals surface area contributed by atoms with Crippen molar-refractivity contribution in [3.63, 3.8) is 0 Å². The molecule has 25 heavy (non-hydrogen) atoms. The van der Waals surface area contributed by atoms with Crippen LogP contribution < -0.4 is 9.64 Å². The Kier molecular flexibility index (Phi) is 5.09. The highest BCUT2D eigenvalue weighted by atomic mass is 79.9. The van der Waals surface area contributed by atoms with Crippen LogP contribution in [0.5, 0.6) is 5.75 Å². The predicted octanol–water partition coefficient (Wildman–Crippen LogP) is 3.24. The van der Waals surface area contributed by atoms with Gasteiger partial charge in [-0.3, -0.25) is 0 Å². The Morgan fingerprint density at radius 1 is 1.44 bits per heavy atom. The van der Waals surface area contributed by atoms with Crippen LogP contribution in [-0.2, 0) is 19.0 Å². The normalized spacial score (nSPS) is 26.0. The maximum Gasteiger partial charge on any atom is 0.332 e. The number of anilines is 1.